The van der Waals surface area contributed by atoms with E-state index in [-0.39, 0.29) is 12.1 Å². The Morgan fingerprint density at radius 3 is 2.80 bits per heavy atom. The van der Waals surface area contributed by atoms with Crippen LogP contribution in [0.25, 0.3) is 0 Å². The molecule has 7 nitrogen and oxygen atoms in total. The summed E-state index contributed by atoms with van der Waals surface area (Å²) in [6.07, 6.45) is 1.54. The molecule has 0 aromatic carbocycles. The molecule has 0 bridgehead atoms. The molecule has 2 aromatic heterocycles. The molecule has 0 saturated carbocycles. The van der Waals surface area contributed by atoms with E-state index in [2.05, 4.69) is 10.3 Å². The third kappa shape index (κ3) is 2.91. The van der Waals surface area contributed by atoms with E-state index in [0.29, 0.717) is 10.8 Å². The van der Waals surface area contributed by atoms with Crippen LogP contribution in [0.15, 0.2) is 28.5 Å². The summed E-state index contributed by atoms with van der Waals surface area (Å²) in [6.45, 7) is 1.37. The first-order chi connectivity index (χ1) is 9.49. The molecule has 0 fully saturated rings. The number of anilines is 1. The lowest BCUT2D eigenvalue weighted by atomic mass is 10.2. The molecule has 20 heavy (non-hydrogen) atoms. The number of hydrogen-bond acceptors (Lipinski definition) is 5. The number of hydrogen-bond donors (Lipinski definition) is 2. The molecule has 2 heterocycles. The fraction of sp³-hybridized carbons (Fsp3) is 0.167. The van der Waals surface area contributed by atoms with Gasteiger partial charge in [-0.1, -0.05) is 0 Å². The van der Waals surface area contributed by atoms with Gasteiger partial charge in [-0.3, -0.25) is 9.59 Å². The lowest BCUT2D eigenvalue weighted by Crippen LogP contribution is -2.32. The number of aromatic nitrogens is 2. The molecule has 0 aliphatic rings. The molecule has 0 radical (unpaired) electrons. The Labute approximate surface area is 117 Å². The molecule has 8 heteroatoms. The molecule has 0 saturated heterocycles. The average molecular weight is 293 g/mol. The van der Waals surface area contributed by atoms with Crippen molar-refractivity contribution in [1.82, 2.24) is 9.55 Å². The lowest BCUT2D eigenvalue weighted by Gasteiger charge is -2.10. The third-order valence-electron chi connectivity index (χ3n) is 2.60. The smallest absolute Gasteiger partial charge is 0.341 e. The van der Waals surface area contributed by atoms with Gasteiger partial charge < -0.3 is 15.0 Å². The number of amides is 1. The second kappa shape index (κ2) is 5.66. The number of nitrogens with zero attached hydrogens (tertiary/aromatic N) is 2. The van der Waals surface area contributed by atoms with Gasteiger partial charge in [-0.2, -0.15) is 0 Å². The first-order valence-electron chi connectivity index (χ1n) is 5.62. The molecule has 2 rings (SSSR count). The fourth-order valence-corrected chi connectivity index (χ4v) is 2.16. The molecule has 2 aromatic rings. The van der Waals surface area contributed by atoms with Gasteiger partial charge in [0.2, 0.25) is 5.91 Å². The van der Waals surface area contributed by atoms with Gasteiger partial charge in [0.1, 0.15) is 12.1 Å². The number of rotatable bonds is 4. The maximum atomic E-state index is 12.0. The van der Waals surface area contributed by atoms with Crippen molar-refractivity contribution in [2.24, 2.45) is 0 Å². The highest BCUT2D eigenvalue weighted by atomic mass is 32.1. The normalized spacial score (nSPS) is 10.2. The second-order valence-corrected chi connectivity index (χ2v) is 4.86. The van der Waals surface area contributed by atoms with Crippen molar-refractivity contribution in [3.05, 3.63) is 45.3 Å². The van der Waals surface area contributed by atoms with Crippen molar-refractivity contribution >= 4 is 28.3 Å². The minimum atomic E-state index is -1.32. The fourth-order valence-electron chi connectivity index (χ4n) is 1.62. The predicted molar refractivity (Wildman–Crippen MR) is 73.1 cm³/mol. The summed E-state index contributed by atoms with van der Waals surface area (Å²) in [6, 6.07) is 2.72. The topological polar surface area (TPSA) is 101 Å². The number of nitrogens with one attached hydrogen (secondary N) is 1. The summed E-state index contributed by atoms with van der Waals surface area (Å²) in [5.41, 5.74) is -0.557. The van der Waals surface area contributed by atoms with E-state index in [4.69, 9.17) is 5.11 Å². The minimum absolute atomic E-state index is 0.259. The Morgan fingerprint density at radius 2 is 2.20 bits per heavy atom. The van der Waals surface area contributed by atoms with Crippen LogP contribution in [0.5, 0.6) is 0 Å². The standard InChI is InChI=1S/C12H11N3O4S/c1-7-2-3-8(11(18)19)10(17)15(7)6-9(16)14-12-13-4-5-20-12/h2-5H,6H2,1H3,(H,18,19)(H,13,14,16). The van der Waals surface area contributed by atoms with Gasteiger partial charge in [0.25, 0.3) is 5.56 Å². The molecule has 0 atom stereocenters. The molecule has 0 spiro atoms. The molecule has 0 aliphatic carbocycles. The molecular formula is C12H11N3O4S. The summed E-state index contributed by atoms with van der Waals surface area (Å²) in [5, 5.41) is 13.6. The minimum Gasteiger partial charge on any atom is -0.477 e. The van der Waals surface area contributed by atoms with Crippen molar-refractivity contribution in [2.75, 3.05) is 5.32 Å². The van der Waals surface area contributed by atoms with E-state index in [9.17, 15) is 14.4 Å². The van der Waals surface area contributed by atoms with Crippen molar-refractivity contribution in [3.8, 4) is 0 Å². The van der Waals surface area contributed by atoms with Crippen LogP contribution >= 0.6 is 11.3 Å². The van der Waals surface area contributed by atoms with Crippen molar-refractivity contribution in [3.63, 3.8) is 0 Å². The summed E-state index contributed by atoms with van der Waals surface area (Å²) in [4.78, 5) is 38.6. The number of aryl methyl sites for hydroxylation is 1. The predicted octanol–water partition coefficient (Wildman–Crippen LogP) is 0.950. The second-order valence-electron chi connectivity index (χ2n) is 3.97. The first kappa shape index (κ1) is 13.9. The van der Waals surface area contributed by atoms with Crippen LogP contribution in [0.3, 0.4) is 0 Å². The average Bonchev–Trinajstić information content (AvgIpc) is 2.86. The van der Waals surface area contributed by atoms with E-state index in [0.717, 1.165) is 4.57 Å². The zero-order valence-electron chi connectivity index (χ0n) is 10.5. The zero-order valence-corrected chi connectivity index (χ0v) is 11.3. The Kier molecular flexibility index (Phi) is 3.94. The zero-order chi connectivity index (χ0) is 14.7. The van der Waals surface area contributed by atoms with Gasteiger partial charge >= 0.3 is 5.97 Å². The van der Waals surface area contributed by atoms with E-state index in [1.807, 2.05) is 0 Å². The van der Waals surface area contributed by atoms with E-state index < -0.39 is 17.4 Å². The van der Waals surface area contributed by atoms with Gasteiger partial charge in [0, 0.05) is 17.3 Å². The van der Waals surface area contributed by atoms with Crippen LogP contribution in [0.4, 0.5) is 5.13 Å². The summed E-state index contributed by atoms with van der Waals surface area (Å²) < 4.78 is 1.12. The maximum Gasteiger partial charge on any atom is 0.341 e. The summed E-state index contributed by atoms with van der Waals surface area (Å²) in [7, 11) is 0. The number of carboxylic acids is 1. The van der Waals surface area contributed by atoms with E-state index in [1.165, 1.54) is 23.5 Å². The van der Waals surface area contributed by atoms with Crippen molar-refractivity contribution in [2.45, 2.75) is 13.5 Å². The third-order valence-corrected chi connectivity index (χ3v) is 3.29. The maximum absolute atomic E-state index is 12.0. The number of carboxylic acid groups (broad SMARTS) is 1. The number of pyridine rings is 1. The first-order valence-corrected chi connectivity index (χ1v) is 6.50. The highest BCUT2D eigenvalue weighted by Crippen LogP contribution is 2.10. The number of thiazole rings is 1. The van der Waals surface area contributed by atoms with Crippen LogP contribution in [-0.4, -0.2) is 26.5 Å². The van der Waals surface area contributed by atoms with Gasteiger partial charge in [0.05, 0.1) is 0 Å². The van der Waals surface area contributed by atoms with Gasteiger partial charge in [-0.25, -0.2) is 9.78 Å². The van der Waals surface area contributed by atoms with E-state index >= 15 is 0 Å². The van der Waals surface area contributed by atoms with E-state index in [1.54, 1.807) is 18.5 Å². The van der Waals surface area contributed by atoms with Crippen molar-refractivity contribution < 1.29 is 14.7 Å². The molecule has 104 valence electrons. The molecule has 0 unspecified atom stereocenters. The largest absolute Gasteiger partial charge is 0.477 e. The van der Waals surface area contributed by atoms with Crippen LogP contribution in [0, 0.1) is 6.92 Å². The Morgan fingerprint density at radius 1 is 1.45 bits per heavy atom. The monoisotopic (exact) mass is 293 g/mol. The molecule has 2 N–H and O–H groups in total. The van der Waals surface area contributed by atoms with Gasteiger partial charge in [-0.05, 0) is 19.1 Å². The quantitative estimate of drug-likeness (QED) is 0.874. The van der Waals surface area contributed by atoms with Crippen LogP contribution in [0.1, 0.15) is 16.1 Å². The Hall–Kier alpha value is -2.48. The molecule has 0 aliphatic heterocycles. The van der Waals surface area contributed by atoms with Gasteiger partial charge in [0.15, 0.2) is 5.13 Å². The van der Waals surface area contributed by atoms with Crippen molar-refractivity contribution in [1.29, 1.82) is 0 Å². The molecular weight excluding hydrogens is 282 g/mol. The summed E-state index contributed by atoms with van der Waals surface area (Å²) in [5.74, 6) is -1.75. The van der Waals surface area contributed by atoms with Crippen LogP contribution < -0.4 is 10.9 Å². The molecule has 1 amide bonds. The lowest BCUT2D eigenvalue weighted by molar-refractivity contribution is -0.116. The number of carbonyl (C=O) groups excluding carboxylic acids is 1. The van der Waals surface area contributed by atoms with Crippen LogP contribution in [0.2, 0.25) is 0 Å². The van der Waals surface area contributed by atoms with Crippen LogP contribution in [-0.2, 0) is 11.3 Å². The SMILES string of the molecule is Cc1ccc(C(=O)O)c(=O)n1CC(=O)Nc1nccs1. The summed E-state index contributed by atoms with van der Waals surface area (Å²) >= 11 is 1.25. The van der Waals surface area contributed by atoms with Gasteiger partial charge in [-0.15, -0.1) is 11.3 Å². The number of aromatic carboxylic acids is 1. The Bertz CT molecular complexity index is 706. The Balaban J connectivity index is 2.25. The number of carbonyl (C=O) groups is 2. The highest BCUT2D eigenvalue weighted by Gasteiger charge is 2.14. The highest BCUT2D eigenvalue weighted by molar-refractivity contribution is 7.13.